The Labute approximate surface area is 122 Å². The zero-order chi connectivity index (χ0) is 14.8. The van der Waals surface area contributed by atoms with Gasteiger partial charge < -0.3 is 11.1 Å². The first-order chi connectivity index (χ1) is 10.1. The second kappa shape index (κ2) is 5.44. The predicted octanol–water partition coefficient (Wildman–Crippen LogP) is 3.39. The quantitative estimate of drug-likeness (QED) is 0.789. The minimum absolute atomic E-state index is 0.185. The van der Waals surface area contributed by atoms with Crippen molar-refractivity contribution in [3.8, 4) is 0 Å². The van der Waals surface area contributed by atoms with Crippen molar-refractivity contribution in [1.82, 2.24) is 0 Å². The summed E-state index contributed by atoms with van der Waals surface area (Å²) in [7, 11) is 0. The minimum atomic E-state index is -0.444. The Morgan fingerprint density at radius 2 is 2.05 bits per heavy atom. The summed E-state index contributed by atoms with van der Waals surface area (Å²) in [4.78, 5) is 14.0. The first kappa shape index (κ1) is 13.4. The molecule has 4 nitrogen and oxygen atoms in total. The van der Waals surface area contributed by atoms with Gasteiger partial charge in [0.15, 0.2) is 0 Å². The zero-order valence-electron chi connectivity index (χ0n) is 11.5. The maximum atomic E-state index is 13.6. The van der Waals surface area contributed by atoms with Gasteiger partial charge in [-0.1, -0.05) is 12.1 Å². The summed E-state index contributed by atoms with van der Waals surface area (Å²) in [6, 6.07) is 11.3. The van der Waals surface area contributed by atoms with Gasteiger partial charge in [-0.3, -0.25) is 4.90 Å². The maximum absolute atomic E-state index is 13.6. The standard InChI is InChI=1S/C16H16FN3O/c17-13-5-1-2-6-14(13)19-16(21)20-9-3-4-11-10-12(18)7-8-15(11)20/h1-2,5-8,10H,3-4,9,18H2,(H,19,21). The molecular formula is C16H16FN3O. The lowest BCUT2D eigenvalue weighted by molar-refractivity contribution is 0.256. The number of hydrogen-bond donors (Lipinski definition) is 2. The highest BCUT2D eigenvalue weighted by atomic mass is 19.1. The number of nitrogens with zero attached hydrogens (tertiary/aromatic N) is 1. The van der Waals surface area contributed by atoms with Crippen molar-refractivity contribution < 1.29 is 9.18 Å². The molecule has 108 valence electrons. The van der Waals surface area contributed by atoms with Crippen LogP contribution < -0.4 is 16.0 Å². The van der Waals surface area contributed by atoms with Gasteiger partial charge in [-0.2, -0.15) is 0 Å². The highest BCUT2D eigenvalue weighted by Crippen LogP contribution is 2.29. The van der Waals surface area contributed by atoms with Crippen molar-refractivity contribution >= 4 is 23.1 Å². The highest BCUT2D eigenvalue weighted by Gasteiger charge is 2.23. The van der Waals surface area contributed by atoms with Crippen LogP contribution in [0.3, 0.4) is 0 Å². The molecule has 0 unspecified atom stereocenters. The third-order valence-electron chi connectivity index (χ3n) is 3.58. The number of amides is 2. The summed E-state index contributed by atoms with van der Waals surface area (Å²) in [5.74, 6) is -0.444. The summed E-state index contributed by atoms with van der Waals surface area (Å²) in [6.07, 6.45) is 1.75. The molecule has 0 radical (unpaired) electrons. The van der Waals surface area contributed by atoms with E-state index in [2.05, 4.69) is 5.32 Å². The second-order valence-corrected chi connectivity index (χ2v) is 5.05. The zero-order valence-corrected chi connectivity index (χ0v) is 11.5. The van der Waals surface area contributed by atoms with E-state index in [0.29, 0.717) is 12.2 Å². The number of carbonyl (C=O) groups excluding carboxylic acids is 1. The molecule has 0 aromatic heterocycles. The normalized spacial score (nSPS) is 13.7. The number of para-hydroxylation sites is 1. The summed E-state index contributed by atoms with van der Waals surface area (Å²) in [6.45, 7) is 0.608. The summed E-state index contributed by atoms with van der Waals surface area (Å²) in [5, 5.41) is 2.62. The van der Waals surface area contributed by atoms with Gasteiger partial charge in [0.1, 0.15) is 5.82 Å². The van der Waals surface area contributed by atoms with E-state index in [1.807, 2.05) is 12.1 Å². The topological polar surface area (TPSA) is 58.4 Å². The van der Waals surface area contributed by atoms with Crippen LogP contribution in [0.2, 0.25) is 0 Å². The lowest BCUT2D eigenvalue weighted by atomic mass is 10.0. The molecule has 3 N–H and O–H groups in total. The van der Waals surface area contributed by atoms with Crippen molar-refractivity contribution in [2.45, 2.75) is 12.8 Å². The number of nitrogens with two attached hydrogens (primary N) is 1. The minimum Gasteiger partial charge on any atom is -0.399 e. The average molecular weight is 285 g/mol. The van der Waals surface area contributed by atoms with E-state index in [0.717, 1.165) is 24.1 Å². The van der Waals surface area contributed by atoms with Gasteiger partial charge in [-0.05, 0) is 48.7 Å². The van der Waals surface area contributed by atoms with Crippen LogP contribution in [-0.4, -0.2) is 12.6 Å². The van der Waals surface area contributed by atoms with Crippen molar-refractivity contribution in [3.05, 3.63) is 53.8 Å². The van der Waals surface area contributed by atoms with Gasteiger partial charge in [0.2, 0.25) is 0 Å². The van der Waals surface area contributed by atoms with Crippen molar-refractivity contribution in [2.24, 2.45) is 0 Å². The number of anilines is 3. The van der Waals surface area contributed by atoms with Gasteiger partial charge in [0.05, 0.1) is 5.69 Å². The molecule has 0 atom stereocenters. The lowest BCUT2D eigenvalue weighted by Crippen LogP contribution is -2.38. The molecule has 1 aliphatic heterocycles. The smallest absolute Gasteiger partial charge is 0.326 e. The summed E-state index contributed by atoms with van der Waals surface area (Å²) >= 11 is 0. The monoisotopic (exact) mass is 285 g/mol. The molecule has 0 spiro atoms. The molecule has 3 rings (SSSR count). The number of rotatable bonds is 1. The Morgan fingerprint density at radius 1 is 1.24 bits per heavy atom. The number of nitrogens with one attached hydrogen (secondary N) is 1. The third-order valence-corrected chi connectivity index (χ3v) is 3.58. The molecule has 2 aromatic rings. The highest BCUT2D eigenvalue weighted by molar-refractivity contribution is 6.02. The number of carbonyl (C=O) groups is 1. The van der Waals surface area contributed by atoms with Gasteiger partial charge in [0.25, 0.3) is 0 Å². The largest absolute Gasteiger partial charge is 0.399 e. The van der Waals surface area contributed by atoms with E-state index in [1.165, 1.54) is 6.07 Å². The lowest BCUT2D eigenvalue weighted by Gasteiger charge is -2.29. The van der Waals surface area contributed by atoms with Crippen LogP contribution in [0.15, 0.2) is 42.5 Å². The molecule has 5 heteroatoms. The maximum Gasteiger partial charge on any atom is 0.326 e. The molecule has 0 saturated carbocycles. The Hall–Kier alpha value is -2.56. The van der Waals surface area contributed by atoms with E-state index >= 15 is 0 Å². The molecule has 2 aromatic carbocycles. The predicted molar refractivity (Wildman–Crippen MR) is 81.9 cm³/mol. The fourth-order valence-corrected chi connectivity index (χ4v) is 2.57. The molecule has 1 heterocycles. The number of nitrogen functional groups attached to an aromatic ring is 1. The van der Waals surface area contributed by atoms with E-state index in [1.54, 1.807) is 29.2 Å². The Kier molecular flexibility index (Phi) is 3.48. The number of urea groups is 1. The van der Waals surface area contributed by atoms with Gasteiger partial charge in [-0.25, -0.2) is 9.18 Å². The molecule has 0 bridgehead atoms. The molecule has 0 aliphatic carbocycles. The molecular weight excluding hydrogens is 269 g/mol. The first-order valence-electron chi connectivity index (χ1n) is 6.86. The van der Waals surface area contributed by atoms with Gasteiger partial charge in [-0.15, -0.1) is 0 Å². The molecule has 0 fully saturated rings. The summed E-state index contributed by atoms with van der Waals surface area (Å²) in [5.41, 5.74) is 8.53. The fraction of sp³-hybridized carbons (Fsp3) is 0.188. The molecule has 2 amide bonds. The Balaban J connectivity index is 1.85. The van der Waals surface area contributed by atoms with Crippen molar-refractivity contribution in [3.63, 3.8) is 0 Å². The average Bonchev–Trinajstić information content (AvgIpc) is 2.48. The third kappa shape index (κ3) is 2.67. The van der Waals surface area contributed by atoms with Crippen LogP contribution in [0.5, 0.6) is 0 Å². The van der Waals surface area contributed by atoms with E-state index in [4.69, 9.17) is 5.73 Å². The second-order valence-electron chi connectivity index (χ2n) is 5.05. The molecule has 1 aliphatic rings. The van der Waals surface area contributed by atoms with Crippen LogP contribution in [0, 0.1) is 5.82 Å². The fourth-order valence-electron chi connectivity index (χ4n) is 2.57. The first-order valence-corrected chi connectivity index (χ1v) is 6.86. The number of halogens is 1. The van der Waals surface area contributed by atoms with E-state index in [9.17, 15) is 9.18 Å². The van der Waals surface area contributed by atoms with Crippen molar-refractivity contribution in [2.75, 3.05) is 22.5 Å². The van der Waals surface area contributed by atoms with Crippen molar-refractivity contribution in [1.29, 1.82) is 0 Å². The number of benzene rings is 2. The number of hydrogen-bond acceptors (Lipinski definition) is 2. The van der Waals surface area contributed by atoms with Crippen LogP contribution in [0.1, 0.15) is 12.0 Å². The Bertz CT molecular complexity index is 687. The van der Waals surface area contributed by atoms with Crippen LogP contribution in [-0.2, 0) is 6.42 Å². The SMILES string of the molecule is Nc1ccc2c(c1)CCCN2C(=O)Nc1ccccc1F. The van der Waals surface area contributed by atoms with Crippen LogP contribution in [0.25, 0.3) is 0 Å². The number of fused-ring (bicyclic) bond motifs is 1. The van der Waals surface area contributed by atoms with Gasteiger partial charge >= 0.3 is 6.03 Å². The number of aryl methyl sites for hydroxylation is 1. The van der Waals surface area contributed by atoms with Crippen LogP contribution in [0.4, 0.5) is 26.2 Å². The van der Waals surface area contributed by atoms with E-state index < -0.39 is 5.82 Å². The van der Waals surface area contributed by atoms with Gasteiger partial charge in [0, 0.05) is 17.9 Å². The Morgan fingerprint density at radius 3 is 2.86 bits per heavy atom. The van der Waals surface area contributed by atoms with Crippen LogP contribution >= 0.6 is 0 Å². The summed E-state index contributed by atoms with van der Waals surface area (Å²) < 4.78 is 13.6. The van der Waals surface area contributed by atoms with E-state index in [-0.39, 0.29) is 11.7 Å². The molecule has 0 saturated heterocycles. The molecule has 21 heavy (non-hydrogen) atoms.